The minimum Gasteiger partial charge on any atom is -0.386 e. The van der Waals surface area contributed by atoms with Crippen molar-refractivity contribution >= 4 is 55.9 Å². The maximum Gasteiger partial charge on any atom is 0.114 e. The van der Waals surface area contributed by atoms with Gasteiger partial charge in [-0.2, -0.15) is 11.3 Å². The van der Waals surface area contributed by atoms with Gasteiger partial charge in [-0.05, 0) is 76.0 Å². The zero-order valence-electron chi connectivity index (χ0n) is 36.6. The zero-order chi connectivity index (χ0) is 42.5. The summed E-state index contributed by atoms with van der Waals surface area (Å²) in [5, 5.41) is 14.0. The minimum absolute atomic E-state index is 0. The van der Waals surface area contributed by atoms with E-state index in [9.17, 15) is 9.50 Å². The Morgan fingerprint density at radius 3 is 2.30 bits per heavy atom. The van der Waals surface area contributed by atoms with Crippen molar-refractivity contribution < 1.29 is 33.7 Å². The summed E-state index contributed by atoms with van der Waals surface area (Å²) >= 11 is 1.75. The third kappa shape index (κ3) is 9.51. The molecule has 8 rings (SSSR count). The van der Waals surface area contributed by atoms with Crippen molar-refractivity contribution in [3.05, 3.63) is 144 Å². The zero-order valence-corrected chi connectivity index (χ0v) is 37.8. The van der Waals surface area contributed by atoms with Crippen LogP contribution in [-0.4, -0.2) is 32.7 Å². The van der Waals surface area contributed by atoms with Gasteiger partial charge in [-0.25, -0.2) is 4.98 Å². The van der Waals surface area contributed by atoms with Gasteiger partial charge in [-0.3, -0.25) is 9.37 Å². The Kier molecular flexibility index (Phi) is 11.0. The molecule has 4 heterocycles. The largest absolute Gasteiger partial charge is 0.386 e. The number of aromatic nitrogens is 4. The average Bonchev–Trinajstić information content (AvgIpc) is 3.71. The molecule has 0 aliphatic carbocycles. The van der Waals surface area contributed by atoms with Crippen molar-refractivity contribution in [2.45, 2.75) is 79.7 Å². The van der Waals surface area contributed by atoms with E-state index in [4.69, 9.17) is 14.1 Å². The van der Waals surface area contributed by atoms with Gasteiger partial charge in [0.1, 0.15) is 4.83 Å². The van der Waals surface area contributed by atoms with Gasteiger partial charge in [0, 0.05) is 48.5 Å². The van der Waals surface area contributed by atoms with Gasteiger partial charge in [0.25, 0.3) is 0 Å². The number of para-hydroxylation sites is 2. The molecule has 0 bridgehead atoms. The molecule has 0 saturated carbocycles. The van der Waals surface area contributed by atoms with Crippen LogP contribution >= 0.6 is 11.3 Å². The molecule has 0 amide bonds. The number of hydrogen-bond donors (Lipinski definition) is 1. The third-order valence-electron chi connectivity index (χ3n) is 9.64. The van der Waals surface area contributed by atoms with E-state index in [1.165, 1.54) is 27.1 Å². The van der Waals surface area contributed by atoms with Crippen LogP contribution in [0, 0.1) is 30.2 Å². The molecule has 9 heteroatoms. The molecular weight excluding hydrogens is 920 g/mol. The van der Waals surface area contributed by atoms with Gasteiger partial charge in [-0.15, -0.1) is 47.5 Å². The molecule has 8 aromatic rings. The summed E-state index contributed by atoms with van der Waals surface area (Å²) in [6.45, 7) is 15.0. The molecule has 1 radical (unpaired) electrons. The molecule has 57 heavy (non-hydrogen) atoms. The second kappa shape index (κ2) is 16.5. The Bertz CT molecular complexity index is 2800. The monoisotopic (exact) mass is 972 g/mol. The number of benzene rings is 4. The van der Waals surface area contributed by atoms with Crippen molar-refractivity contribution in [2.75, 3.05) is 0 Å². The number of nitrogens with zero attached hydrogens (tertiary/aromatic N) is 4. The van der Waals surface area contributed by atoms with Gasteiger partial charge in [-0.1, -0.05) is 113 Å². The van der Waals surface area contributed by atoms with Gasteiger partial charge in [0.05, 0.1) is 30.5 Å². The summed E-state index contributed by atoms with van der Waals surface area (Å²) in [6.07, 6.45) is 2.66. The molecule has 0 unspecified atom stereocenters. The summed E-state index contributed by atoms with van der Waals surface area (Å²) in [7, 11) is -1.76. The van der Waals surface area contributed by atoms with E-state index in [-0.39, 0.29) is 36.6 Å². The van der Waals surface area contributed by atoms with Crippen molar-refractivity contribution in [3.63, 3.8) is 0 Å². The number of aryl methyl sites for hydroxylation is 1. The number of fused-ring (bicyclic) bond motifs is 4. The number of halogens is 1. The minimum atomic E-state index is -2.39. The fraction of sp³-hybridized carbons (Fsp3) is 0.271. The fourth-order valence-electron chi connectivity index (χ4n) is 6.98. The number of aliphatic hydroxyl groups is 1. The van der Waals surface area contributed by atoms with E-state index in [2.05, 4.69) is 135 Å². The van der Waals surface area contributed by atoms with Crippen LogP contribution in [0.1, 0.15) is 61.1 Å². The molecule has 4 aromatic heterocycles. The Hall–Kier alpha value is -4.37. The average molecular weight is 972 g/mol. The van der Waals surface area contributed by atoms with Crippen LogP contribution in [0.3, 0.4) is 0 Å². The number of imidazole rings is 1. The number of hydrogen-bond acceptors (Lipinski definition) is 5. The van der Waals surface area contributed by atoms with Crippen LogP contribution in [0.2, 0.25) is 19.6 Å². The maximum atomic E-state index is 14.5. The topological polar surface area (TPSA) is 63.8 Å². The summed E-state index contributed by atoms with van der Waals surface area (Å²) < 4.78 is 40.0. The van der Waals surface area contributed by atoms with Gasteiger partial charge in [0.15, 0.2) is 0 Å². The van der Waals surface area contributed by atoms with Crippen molar-refractivity contribution in [2.24, 2.45) is 5.41 Å². The van der Waals surface area contributed by atoms with Crippen LogP contribution in [0.15, 0.2) is 103 Å². The molecular formula is C48H49FIrN4OSSi-2. The smallest absolute Gasteiger partial charge is 0.114 e. The van der Waals surface area contributed by atoms with E-state index < -0.39 is 26.3 Å². The summed E-state index contributed by atoms with van der Waals surface area (Å²) in [6, 6.07) is 37.8. The van der Waals surface area contributed by atoms with Gasteiger partial charge < -0.3 is 14.7 Å². The first-order chi connectivity index (χ1) is 27.7. The molecule has 1 N–H and O–H groups in total. The fourth-order valence-corrected chi connectivity index (χ4v) is 9.67. The first kappa shape index (κ1) is 38.2. The molecule has 0 spiro atoms. The van der Waals surface area contributed by atoms with Crippen molar-refractivity contribution in [1.82, 2.24) is 19.5 Å². The Balaban J connectivity index is 0.000000208. The van der Waals surface area contributed by atoms with E-state index in [1.807, 2.05) is 6.07 Å². The third-order valence-corrected chi connectivity index (χ3v) is 12.7. The van der Waals surface area contributed by atoms with Crippen LogP contribution in [0.4, 0.5) is 4.39 Å². The number of pyridine rings is 2. The van der Waals surface area contributed by atoms with E-state index >= 15 is 0 Å². The van der Waals surface area contributed by atoms with E-state index in [0.29, 0.717) is 11.3 Å². The summed E-state index contributed by atoms with van der Waals surface area (Å²) in [5.74, 6) is 0.257. The second-order valence-electron chi connectivity index (χ2n) is 17.2. The molecule has 4 aromatic carbocycles. The Morgan fingerprint density at radius 1 is 0.877 bits per heavy atom. The molecule has 0 aliphatic rings. The van der Waals surface area contributed by atoms with Crippen molar-refractivity contribution in [1.29, 1.82) is 0 Å². The van der Waals surface area contributed by atoms with Crippen LogP contribution in [-0.2, 0) is 38.7 Å². The Labute approximate surface area is 358 Å². The molecule has 0 saturated heterocycles. The first-order valence-electron chi connectivity index (χ1n) is 20.3. The molecule has 5 nitrogen and oxygen atoms in total. The van der Waals surface area contributed by atoms with Crippen LogP contribution < -0.4 is 5.19 Å². The van der Waals surface area contributed by atoms with Crippen LogP contribution in [0.25, 0.3) is 54.0 Å². The normalized spacial score (nSPS) is 13.1. The molecule has 0 atom stereocenters. The van der Waals surface area contributed by atoms with Gasteiger partial charge >= 0.3 is 0 Å². The Morgan fingerprint density at radius 2 is 1.61 bits per heavy atom. The first-order valence-corrected chi connectivity index (χ1v) is 23.2. The molecule has 0 fully saturated rings. The van der Waals surface area contributed by atoms with E-state index in [1.54, 1.807) is 37.4 Å². The molecule has 295 valence electrons. The summed E-state index contributed by atoms with van der Waals surface area (Å²) in [4.78, 5) is 15.5. The molecule has 0 aliphatic heterocycles. The maximum absolute atomic E-state index is 14.5. The van der Waals surface area contributed by atoms with Crippen LogP contribution in [0.5, 0.6) is 0 Å². The van der Waals surface area contributed by atoms with E-state index in [0.717, 1.165) is 57.2 Å². The second-order valence-corrected chi connectivity index (χ2v) is 23.2. The number of rotatable bonds is 7. The predicted molar refractivity (Wildman–Crippen MR) is 235 cm³/mol. The quantitative estimate of drug-likeness (QED) is 0.128. The summed E-state index contributed by atoms with van der Waals surface area (Å²) in [5.41, 5.74) is 5.72. The SMILES string of the molecule is CC(C)(C)Cc1ccc2c(n1)sc1c[c-]c(-c3nc4ccccc4n3Cc3ccccc3)cc12.[2H]C([2H])([2H])c1c[c-]c(-c2cc(C(C)(C)O)c([Si](C)(C)C)cn2)c(F)c1.[Ir]. The number of thiophene rings is 1. The predicted octanol–water partition coefficient (Wildman–Crippen LogP) is 11.7. The van der Waals surface area contributed by atoms with Gasteiger partial charge in [0.2, 0.25) is 0 Å². The standard InChI is InChI=1S/C30H26N3S.C18H23FNOSi.Ir/c1-30(2,3)18-22-14-15-23-24-17-21(13-16-27(24)34-29(23)31-22)28-32-25-11-7-8-12-26(25)33(28)19-20-9-5-4-6-10-20;1-12-7-8-13(15(19)9-12)16-10-14(18(2,3)21)17(11-20-16)22(4,5)6;/h4-12,14-17H,18-19H2,1-3H3;7,9-11,21H,1-6H3;/q2*-1;/i;1D3;. The van der Waals surface area contributed by atoms with Crippen molar-refractivity contribution in [3.8, 4) is 22.6 Å².